The number of amides is 1. The van der Waals surface area contributed by atoms with Crippen LogP contribution in [0, 0.1) is 0 Å². The molecule has 1 aliphatic carbocycles. The molecule has 0 atom stereocenters. The highest BCUT2D eigenvalue weighted by Gasteiger charge is 2.51. The first-order chi connectivity index (χ1) is 12.2. The summed E-state index contributed by atoms with van der Waals surface area (Å²) in [5.74, 6) is 2.41. The SMILES string of the molecule is COc1ccc(OCCNC(=O)C2(c3ccc(OC)cc3)CC2)cc1. The van der Waals surface area contributed by atoms with Crippen LogP contribution < -0.4 is 19.5 Å². The standard InChI is InChI=1S/C20H23NO4/c1-23-16-5-3-15(4-6-16)20(11-12-20)19(22)21-13-14-25-18-9-7-17(24-2)8-10-18/h3-10H,11-14H2,1-2H3,(H,21,22). The van der Waals surface area contributed by atoms with Crippen molar-refractivity contribution in [3.05, 3.63) is 54.1 Å². The zero-order valence-corrected chi connectivity index (χ0v) is 14.6. The van der Waals surface area contributed by atoms with Gasteiger partial charge in [-0.25, -0.2) is 0 Å². The van der Waals surface area contributed by atoms with Crippen molar-refractivity contribution in [3.63, 3.8) is 0 Å². The molecule has 0 spiro atoms. The molecule has 2 aromatic carbocycles. The van der Waals surface area contributed by atoms with Crippen molar-refractivity contribution in [2.75, 3.05) is 27.4 Å². The van der Waals surface area contributed by atoms with Crippen LogP contribution in [0.4, 0.5) is 0 Å². The molecule has 0 heterocycles. The van der Waals surface area contributed by atoms with E-state index in [1.165, 1.54) is 0 Å². The summed E-state index contributed by atoms with van der Waals surface area (Å²) in [6.45, 7) is 0.902. The highest BCUT2D eigenvalue weighted by molar-refractivity contribution is 5.91. The van der Waals surface area contributed by atoms with Gasteiger partial charge >= 0.3 is 0 Å². The van der Waals surface area contributed by atoms with Gasteiger partial charge in [-0.1, -0.05) is 12.1 Å². The Kier molecular flexibility index (Phi) is 5.12. The first-order valence-electron chi connectivity index (χ1n) is 8.38. The summed E-state index contributed by atoms with van der Waals surface area (Å²) in [5.41, 5.74) is 0.661. The normalized spacial score (nSPS) is 14.5. The van der Waals surface area contributed by atoms with Gasteiger partial charge in [-0.2, -0.15) is 0 Å². The second-order valence-corrected chi connectivity index (χ2v) is 6.09. The molecule has 0 aromatic heterocycles. The van der Waals surface area contributed by atoms with E-state index in [1.807, 2.05) is 48.5 Å². The second-order valence-electron chi connectivity index (χ2n) is 6.09. The molecule has 0 radical (unpaired) electrons. The molecule has 2 aromatic rings. The van der Waals surface area contributed by atoms with Crippen molar-refractivity contribution in [2.45, 2.75) is 18.3 Å². The van der Waals surface area contributed by atoms with Crippen LogP contribution in [0.1, 0.15) is 18.4 Å². The van der Waals surface area contributed by atoms with Crippen LogP contribution >= 0.6 is 0 Å². The predicted octanol–water partition coefficient (Wildman–Crippen LogP) is 2.93. The topological polar surface area (TPSA) is 56.8 Å². The number of rotatable bonds is 8. The molecular formula is C20H23NO4. The monoisotopic (exact) mass is 341 g/mol. The highest BCUT2D eigenvalue weighted by Crippen LogP contribution is 2.48. The maximum absolute atomic E-state index is 12.6. The summed E-state index contributed by atoms with van der Waals surface area (Å²) in [4.78, 5) is 12.6. The number of ether oxygens (including phenoxy) is 3. The quantitative estimate of drug-likeness (QED) is 0.750. The largest absolute Gasteiger partial charge is 0.497 e. The molecule has 1 saturated carbocycles. The van der Waals surface area contributed by atoms with Gasteiger partial charge in [0, 0.05) is 0 Å². The van der Waals surface area contributed by atoms with E-state index in [2.05, 4.69) is 5.32 Å². The Morgan fingerprint density at radius 1 is 0.920 bits per heavy atom. The Morgan fingerprint density at radius 2 is 1.44 bits per heavy atom. The van der Waals surface area contributed by atoms with Crippen molar-refractivity contribution < 1.29 is 19.0 Å². The number of carbonyl (C=O) groups excluding carboxylic acids is 1. The molecule has 1 amide bonds. The molecule has 3 rings (SSSR count). The third-order valence-corrected chi connectivity index (χ3v) is 4.54. The van der Waals surface area contributed by atoms with Crippen molar-refractivity contribution in [1.82, 2.24) is 5.32 Å². The summed E-state index contributed by atoms with van der Waals surface area (Å²) >= 11 is 0. The van der Waals surface area contributed by atoms with Crippen LogP contribution in [0.5, 0.6) is 17.2 Å². The Labute approximate surface area is 147 Å². The third kappa shape index (κ3) is 3.87. The van der Waals surface area contributed by atoms with Crippen molar-refractivity contribution in [2.24, 2.45) is 0 Å². The minimum Gasteiger partial charge on any atom is -0.497 e. The van der Waals surface area contributed by atoms with Gasteiger partial charge in [0.05, 0.1) is 26.2 Å². The minimum atomic E-state index is -0.383. The summed E-state index contributed by atoms with van der Waals surface area (Å²) < 4.78 is 15.9. The predicted molar refractivity (Wildman–Crippen MR) is 95.4 cm³/mol. The van der Waals surface area contributed by atoms with E-state index >= 15 is 0 Å². The van der Waals surface area contributed by atoms with Gasteiger partial charge in [-0.3, -0.25) is 4.79 Å². The van der Waals surface area contributed by atoms with Gasteiger partial charge in [0.15, 0.2) is 0 Å². The number of benzene rings is 2. The lowest BCUT2D eigenvalue weighted by molar-refractivity contribution is -0.123. The number of hydrogen-bond acceptors (Lipinski definition) is 4. The molecule has 5 nitrogen and oxygen atoms in total. The van der Waals surface area contributed by atoms with Crippen molar-refractivity contribution in [3.8, 4) is 17.2 Å². The van der Waals surface area contributed by atoms with Crippen LogP contribution in [0.3, 0.4) is 0 Å². The smallest absolute Gasteiger partial charge is 0.230 e. The van der Waals surface area contributed by atoms with Gasteiger partial charge in [0.2, 0.25) is 5.91 Å². The lowest BCUT2D eigenvalue weighted by Crippen LogP contribution is -2.37. The molecule has 0 saturated heterocycles. The first-order valence-corrected chi connectivity index (χ1v) is 8.38. The van der Waals surface area contributed by atoms with Crippen LogP contribution in [0.2, 0.25) is 0 Å². The number of nitrogens with one attached hydrogen (secondary N) is 1. The van der Waals surface area contributed by atoms with Crippen LogP contribution in [0.25, 0.3) is 0 Å². The minimum absolute atomic E-state index is 0.0657. The Morgan fingerprint density at radius 3 is 1.96 bits per heavy atom. The Bertz CT molecular complexity index is 705. The summed E-state index contributed by atoms with van der Waals surface area (Å²) in [6, 6.07) is 15.1. The molecular weight excluding hydrogens is 318 g/mol. The van der Waals surface area contributed by atoms with Gasteiger partial charge < -0.3 is 19.5 Å². The first kappa shape index (κ1) is 17.1. The van der Waals surface area contributed by atoms with Gasteiger partial charge in [0.25, 0.3) is 0 Å². The second kappa shape index (κ2) is 7.47. The fraction of sp³-hybridized carbons (Fsp3) is 0.350. The molecule has 0 unspecified atom stereocenters. The fourth-order valence-electron chi connectivity index (χ4n) is 2.86. The average molecular weight is 341 g/mol. The molecule has 5 heteroatoms. The van der Waals surface area contributed by atoms with Crippen LogP contribution in [-0.4, -0.2) is 33.3 Å². The van der Waals surface area contributed by atoms with Gasteiger partial charge in [0.1, 0.15) is 23.9 Å². The van der Waals surface area contributed by atoms with Gasteiger partial charge in [-0.05, 0) is 54.8 Å². The van der Waals surface area contributed by atoms with E-state index in [0.29, 0.717) is 13.2 Å². The van der Waals surface area contributed by atoms with E-state index in [9.17, 15) is 4.79 Å². The van der Waals surface area contributed by atoms with E-state index in [-0.39, 0.29) is 11.3 Å². The van der Waals surface area contributed by atoms with Crippen LogP contribution in [0.15, 0.2) is 48.5 Å². The number of methoxy groups -OCH3 is 2. The van der Waals surface area contributed by atoms with E-state index in [1.54, 1.807) is 14.2 Å². The van der Waals surface area contributed by atoms with Crippen molar-refractivity contribution in [1.29, 1.82) is 0 Å². The molecule has 1 aliphatic rings. The van der Waals surface area contributed by atoms with E-state index in [0.717, 1.165) is 35.7 Å². The number of carbonyl (C=O) groups is 1. The molecule has 25 heavy (non-hydrogen) atoms. The molecule has 0 aliphatic heterocycles. The lowest BCUT2D eigenvalue weighted by Gasteiger charge is -2.16. The molecule has 132 valence electrons. The maximum Gasteiger partial charge on any atom is 0.230 e. The lowest BCUT2D eigenvalue weighted by atomic mass is 9.95. The third-order valence-electron chi connectivity index (χ3n) is 4.54. The number of hydrogen-bond donors (Lipinski definition) is 1. The fourth-order valence-corrected chi connectivity index (χ4v) is 2.86. The highest BCUT2D eigenvalue weighted by atomic mass is 16.5. The zero-order chi connectivity index (χ0) is 17.7. The van der Waals surface area contributed by atoms with E-state index < -0.39 is 0 Å². The Balaban J connectivity index is 1.48. The maximum atomic E-state index is 12.6. The summed E-state index contributed by atoms with van der Waals surface area (Å²) in [6.07, 6.45) is 1.76. The summed E-state index contributed by atoms with van der Waals surface area (Å²) in [7, 11) is 3.26. The molecule has 1 fully saturated rings. The average Bonchev–Trinajstić information content (AvgIpc) is 3.47. The summed E-state index contributed by atoms with van der Waals surface area (Å²) in [5, 5.41) is 2.99. The Hall–Kier alpha value is -2.69. The molecule has 1 N–H and O–H groups in total. The van der Waals surface area contributed by atoms with Crippen LogP contribution in [-0.2, 0) is 10.2 Å². The molecule has 0 bridgehead atoms. The zero-order valence-electron chi connectivity index (χ0n) is 14.6. The van der Waals surface area contributed by atoms with E-state index in [4.69, 9.17) is 14.2 Å². The van der Waals surface area contributed by atoms with Gasteiger partial charge in [-0.15, -0.1) is 0 Å². The van der Waals surface area contributed by atoms with Crippen molar-refractivity contribution >= 4 is 5.91 Å².